The van der Waals surface area contributed by atoms with Crippen molar-refractivity contribution in [1.82, 2.24) is 10.2 Å². The largest absolute Gasteiger partial charge is 0.477 e. The van der Waals surface area contributed by atoms with E-state index in [1.165, 1.54) is 6.08 Å². The van der Waals surface area contributed by atoms with Crippen molar-refractivity contribution in [3.8, 4) is 6.07 Å². The number of likely N-dealkylation sites (N-methyl/N-ethyl adjacent to an activating group) is 1. The van der Waals surface area contributed by atoms with Gasteiger partial charge in [0.15, 0.2) is 5.88 Å². The third-order valence-electron chi connectivity index (χ3n) is 3.39. The topological polar surface area (TPSA) is 65.4 Å². The van der Waals surface area contributed by atoms with Crippen LogP contribution in [0.3, 0.4) is 0 Å². The molecule has 0 saturated carbocycles. The van der Waals surface area contributed by atoms with Gasteiger partial charge >= 0.3 is 0 Å². The van der Waals surface area contributed by atoms with Crippen LogP contribution in [0.2, 0.25) is 0 Å². The molecule has 0 bridgehead atoms. The molecule has 1 fully saturated rings. The van der Waals surface area contributed by atoms with E-state index in [0.717, 1.165) is 12.8 Å². The second-order valence-corrected chi connectivity index (χ2v) is 5.47. The highest BCUT2D eigenvalue weighted by Gasteiger charge is 2.33. The van der Waals surface area contributed by atoms with Crippen LogP contribution in [0, 0.1) is 11.3 Å². The predicted octanol–water partition coefficient (Wildman–Crippen LogP) is 1.93. The van der Waals surface area contributed by atoms with Crippen LogP contribution < -0.4 is 5.32 Å². The highest BCUT2D eigenvalue weighted by atomic mass is 16.5. The number of rotatable bonds is 5. The molecule has 0 spiro atoms. The Morgan fingerprint density at radius 3 is 2.80 bits per heavy atom. The number of hydrogen-bond acceptors (Lipinski definition) is 4. The fraction of sp³-hybridized carbons (Fsp3) is 0.600. The molecule has 0 aromatic carbocycles. The minimum absolute atomic E-state index is 0.0735. The smallest absolute Gasteiger partial charge is 0.261 e. The van der Waals surface area contributed by atoms with E-state index in [-0.39, 0.29) is 17.0 Å². The van der Waals surface area contributed by atoms with Crippen LogP contribution in [-0.2, 0) is 9.53 Å². The van der Waals surface area contributed by atoms with Crippen LogP contribution in [-0.4, -0.2) is 36.5 Å². The maximum atomic E-state index is 11.8. The van der Waals surface area contributed by atoms with Crippen LogP contribution in [0.15, 0.2) is 23.6 Å². The molecule has 1 rings (SSSR count). The number of allylic oxidation sites excluding steroid dienone is 2. The quantitative estimate of drug-likeness (QED) is 0.474. The maximum absolute atomic E-state index is 11.8. The molecule has 5 heteroatoms. The van der Waals surface area contributed by atoms with Gasteiger partial charge in [0, 0.05) is 13.6 Å². The minimum atomic E-state index is -0.335. The van der Waals surface area contributed by atoms with Gasteiger partial charge in [-0.1, -0.05) is 13.3 Å². The van der Waals surface area contributed by atoms with Crippen molar-refractivity contribution in [1.29, 1.82) is 5.26 Å². The van der Waals surface area contributed by atoms with Gasteiger partial charge in [-0.2, -0.15) is 5.26 Å². The van der Waals surface area contributed by atoms with Crippen LogP contribution in [0.5, 0.6) is 0 Å². The molecular weight excluding hydrogens is 254 g/mol. The molecule has 1 N–H and O–H groups in total. The van der Waals surface area contributed by atoms with E-state index in [0.29, 0.717) is 19.0 Å². The summed E-state index contributed by atoms with van der Waals surface area (Å²) >= 11 is 0. The van der Waals surface area contributed by atoms with Gasteiger partial charge in [0.2, 0.25) is 0 Å². The summed E-state index contributed by atoms with van der Waals surface area (Å²) in [7, 11) is 1.93. The highest BCUT2D eigenvalue weighted by molar-refractivity contribution is 5.97. The molecule has 20 heavy (non-hydrogen) atoms. The van der Waals surface area contributed by atoms with Crippen molar-refractivity contribution >= 4 is 5.91 Å². The first kappa shape index (κ1) is 16.1. The zero-order valence-electron chi connectivity index (χ0n) is 12.7. The molecule has 1 amide bonds. The number of hydrogen-bond donors (Lipinski definition) is 1. The normalized spacial score (nSPS) is 19.6. The zero-order chi connectivity index (χ0) is 15.2. The molecule has 1 saturated heterocycles. The SMILES string of the molecule is CCCCNC(=O)C(C#N)=CC=C1OCC(C)(C)N1C. The molecule has 0 radical (unpaired) electrons. The number of nitrogens with one attached hydrogen (secondary N) is 1. The van der Waals surface area contributed by atoms with Gasteiger partial charge in [-0.3, -0.25) is 4.79 Å². The van der Waals surface area contributed by atoms with Crippen LogP contribution >= 0.6 is 0 Å². The van der Waals surface area contributed by atoms with Gasteiger partial charge in [0.1, 0.15) is 18.2 Å². The molecule has 5 nitrogen and oxygen atoms in total. The predicted molar refractivity (Wildman–Crippen MR) is 77.5 cm³/mol. The lowest BCUT2D eigenvalue weighted by atomic mass is 10.1. The number of unbranched alkanes of at least 4 members (excludes halogenated alkanes) is 1. The Morgan fingerprint density at radius 1 is 1.60 bits per heavy atom. The summed E-state index contributed by atoms with van der Waals surface area (Å²) in [6, 6.07) is 1.92. The van der Waals surface area contributed by atoms with E-state index in [4.69, 9.17) is 10.00 Å². The Morgan fingerprint density at radius 2 is 2.30 bits per heavy atom. The van der Waals surface area contributed by atoms with Gasteiger partial charge < -0.3 is 15.0 Å². The lowest BCUT2D eigenvalue weighted by molar-refractivity contribution is -0.117. The summed E-state index contributed by atoms with van der Waals surface area (Å²) in [5.74, 6) is 0.335. The van der Waals surface area contributed by atoms with Crippen molar-refractivity contribution < 1.29 is 9.53 Å². The summed E-state index contributed by atoms with van der Waals surface area (Å²) in [5, 5.41) is 11.8. The van der Waals surface area contributed by atoms with Gasteiger partial charge in [-0.05, 0) is 32.4 Å². The van der Waals surface area contributed by atoms with E-state index >= 15 is 0 Å². The third kappa shape index (κ3) is 4.02. The number of carbonyl (C=O) groups is 1. The first-order chi connectivity index (χ1) is 9.42. The molecule has 1 aliphatic heterocycles. The van der Waals surface area contributed by atoms with Crippen molar-refractivity contribution in [2.24, 2.45) is 0 Å². The second kappa shape index (κ2) is 6.99. The Hall–Kier alpha value is -1.96. The summed E-state index contributed by atoms with van der Waals surface area (Å²) in [4.78, 5) is 13.8. The van der Waals surface area contributed by atoms with Crippen molar-refractivity contribution in [3.05, 3.63) is 23.6 Å². The molecule has 110 valence electrons. The van der Waals surface area contributed by atoms with Crippen molar-refractivity contribution in [2.75, 3.05) is 20.2 Å². The van der Waals surface area contributed by atoms with Gasteiger partial charge in [-0.25, -0.2) is 0 Å². The molecule has 1 aliphatic rings. The van der Waals surface area contributed by atoms with Crippen LogP contribution in [0.1, 0.15) is 33.6 Å². The average Bonchev–Trinajstić information content (AvgIpc) is 2.66. The molecule has 0 atom stereocenters. The van der Waals surface area contributed by atoms with Gasteiger partial charge in [-0.15, -0.1) is 0 Å². The first-order valence-electron chi connectivity index (χ1n) is 6.89. The fourth-order valence-corrected chi connectivity index (χ4v) is 1.69. The summed E-state index contributed by atoms with van der Waals surface area (Å²) in [5.41, 5.74) is 0.0193. The molecule has 1 heterocycles. The van der Waals surface area contributed by atoms with Crippen molar-refractivity contribution in [2.45, 2.75) is 39.2 Å². The lowest BCUT2D eigenvalue weighted by Gasteiger charge is -2.25. The minimum Gasteiger partial charge on any atom is -0.477 e. The van der Waals surface area contributed by atoms with Crippen molar-refractivity contribution in [3.63, 3.8) is 0 Å². The standard InChI is InChI=1S/C15H23N3O2/c1-5-6-9-17-14(19)12(10-16)7-8-13-18(4)15(2,3)11-20-13/h7-8H,5-6,9,11H2,1-4H3,(H,17,19). The lowest BCUT2D eigenvalue weighted by Crippen LogP contribution is -2.36. The monoisotopic (exact) mass is 277 g/mol. The first-order valence-corrected chi connectivity index (χ1v) is 6.89. The average molecular weight is 277 g/mol. The Kier molecular flexibility index (Phi) is 5.63. The van der Waals surface area contributed by atoms with Gasteiger partial charge in [0.25, 0.3) is 5.91 Å². The third-order valence-corrected chi connectivity index (χ3v) is 3.39. The number of carbonyl (C=O) groups excluding carboxylic acids is 1. The maximum Gasteiger partial charge on any atom is 0.261 e. The summed E-state index contributed by atoms with van der Waals surface area (Å²) in [6.45, 7) is 7.37. The molecular formula is C15H23N3O2. The van der Waals surface area contributed by atoms with E-state index in [9.17, 15) is 4.79 Å². The van der Waals surface area contributed by atoms with E-state index in [1.54, 1.807) is 6.08 Å². The second-order valence-electron chi connectivity index (χ2n) is 5.47. The summed E-state index contributed by atoms with van der Waals surface area (Å²) < 4.78 is 5.56. The van der Waals surface area contributed by atoms with E-state index in [1.807, 2.05) is 24.9 Å². The van der Waals surface area contributed by atoms with E-state index in [2.05, 4.69) is 19.2 Å². The molecule has 0 aromatic rings. The number of ether oxygens (including phenoxy) is 1. The molecule has 0 aliphatic carbocycles. The summed E-state index contributed by atoms with van der Waals surface area (Å²) in [6.07, 6.45) is 5.09. The Labute approximate surface area is 120 Å². The Balaban J connectivity index is 2.71. The van der Waals surface area contributed by atoms with Gasteiger partial charge in [0.05, 0.1) is 5.54 Å². The highest BCUT2D eigenvalue weighted by Crippen LogP contribution is 2.27. The number of nitrogens with zero attached hydrogens (tertiary/aromatic N) is 2. The fourth-order valence-electron chi connectivity index (χ4n) is 1.69. The van der Waals surface area contributed by atoms with E-state index < -0.39 is 0 Å². The number of amides is 1. The molecule has 0 aromatic heterocycles. The molecule has 0 unspecified atom stereocenters. The van der Waals surface area contributed by atoms with Crippen LogP contribution in [0.25, 0.3) is 0 Å². The zero-order valence-corrected chi connectivity index (χ0v) is 12.7. The number of nitriles is 1. The van der Waals surface area contributed by atoms with Crippen LogP contribution in [0.4, 0.5) is 0 Å². The Bertz CT molecular complexity index is 458.